The number of nitrogens with zero attached hydrogens (tertiary/aromatic N) is 3. The lowest BCUT2D eigenvalue weighted by molar-refractivity contribution is -0.134. The summed E-state index contributed by atoms with van der Waals surface area (Å²) in [5, 5.41) is 9.33. The minimum Gasteiger partial charge on any atom is -0.493 e. The molecule has 0 N–H and O–H groups in total. The molecule has 1 aliphatic rings. The zero-order chi connectivity index (χ0) is 20.1. The molecule has 2 heterocycles. The van der Waals surface area contributed by atoms with Crippen LogP contribution in [0.15, 0.2) is 35.4 Å². The number of carbonyl (C=O) groups is 1. The van der Waals surface area contributed by atoms with E-state index in [-0.39, 0.29) is 5.91 Å². The van der Waals surface area contributed by atoms with E-state index in [1.165, 1.54) is 18.2 Å². The monoisotopic (exact) mass is 401 g/mol. The standard InChI is InChI=1S/C21H27N3O3S/c1-14-6-5-7-15(2)24(14)21(25)13-28-20-11-9-17(22-23-20)16-8-10-18(26-3)19(12-16)27-4/h8-12,14-15H,5-7,13H2,1-4H3/t14-,15-/m0/s1. The highest BCUT2D eigenvalue weighted by Gasteiger charge is 2.28. The summed E-state index contributed by atoms with van der Waals surface area (Å²) in [5.41, 5.74) is 1.64. The lowest BCUT2D eigenvalue weighted by Crippen LogP contribution is -2.48. The van der Waals surface area contributed by atoms with Crippen LogP contribution in [0.1, 0.15) is 33.1 Å². The number of piperidine rings is 1. The summed E-state index contributed by atoms with van der Waals surface area (Å²) in [7, 11) is 3.21. The second-order valence-electron chi connectivity index (χ2n) is 7.05. The van der Waals surface area contributed by atoms with Crippen molar-refractivity contribution in [3.63, 3.8) is 0 Å². The number of benzene rings is 1. The van der Waals surface area contributed by atoms with E-state index in [0.29, 0.717) is 29.3 Å². The second-order valence-corrected chi connectivity index (χ2v) is 8.04. The Morgan fingerprint density at radius 1 is 1.07 bits per heavy atom. The van der Waals surface area contributed by atoms with E-state index in [1.807, 2.05) is 35.2 Å². The van der Waals surface area contributed by atoms with Gasteiger partial charge < -0.3 is 14.4 Å². The van der Waals surface area contributed by atoms with Gasteiger partial charge in [-0.15, -0.1) is 10.2 Å². The SMILES string of the molecule is COc1ccc(-c2ccc(SCC(=O)N3[C@@H](C)CCC[C@@H]3C)nn2)cc1OC. The Balaban J connectivity index is 1.64. The Morgan fingerprint density at radius 3 is 2.39 bits per heavy atom. The van der Waals surface area contributed by atoms with E-state index in [9.17, 15) is 4.79 Å². The first-order chi connectivity index (χ1) is 13.5. The van der Waals surface area contributed by atoms with Crippen LogP contribution >= 0.6 is 11.8 Å². The van der Waals surface area contributed by atoms with E-state index < -0.39 is 0 Å². The number of hydrogen-bond acceptors (Lipinski definition) is 6. The number of aromatic nitrogens is 2. The Bertz CT molecular complexity index is 803. The minimum absolute atomic E-state index is 0.176. The van der Waals surface area contributed by atoms with Crippen molar-refractivity contribution in [3.8, 4) is 22.8 Å². The first kappa shape index (κ1) is 20.5. The van der Waals surface area contributed by atoms with Gasteiger partial charge in [0.05, 0.1) is 25.7 Å². The molecule has 150 valence electrons. The van der Waals surface area contributed by atoms with Crippen LogP contribution in [0.25, 0.3) is 11.3 Å². The van der Waals surface area contributed by atoms with Crippen LogP contribution in [0, 0.1) is 0 Å². The van der Waals surface area contributed by atoms with Crippen LogP contribution in [0.4, 0.5) is 0 Å². The highest BCUT2D eigenvalue weighted by atomic mass is 32.2. The number of methoxy groups -OCH3 is 2. The first-order valence-corrected chi connectivity index (χ1v) is 10.5. The van der Waals surface area contributed by atoms with Gasteiger partial charge in [0, 0.05) is 17.6 Å². The van der Waals surface area contributed by atoms with E-state index in [4.69, 9.17) is 9.47 Å². The number of thioether (sulfide) groups is 1. The van der Waals surface area contributed by atoms with Crippen molar-refractivity contribution in [3.05, 3.63) is 30.3 Å². The summed E-state index contributed by atoms with van der Waals surface area (Å²) in [6, 6.07) is 10.1. The maximum Gasteiger partial charge on any atom is 0.233 e. The third kappa shape index (κ3) is 4.58. The number of amides is 1. The smallest absolute Gasteiger partial charge is 0.233 e. The number of hydrogen-bond donors (Lipinski definition) is 0. The zero-order valence-electron chi connectivity index (χ0n) is 16.8. The molecule has 0 radical (unpaired) electrons. The van der Waals surface area contributed by atoms with Crippen molar-refractivity contribution >= 4 is 17.7 Å². The van der Waals surface area contributed by atoms with Crippen molar-refractivity contribution in [2.24, 2.45) is 0 Å². The van der Waals surface area contributed by atoms with E-state index >= 15 is 0 Å². The molecule has 28 heavy (non-hydrogen) atoms. The zero-order valence-corrected chi connectivity index (χ0v) is 17.7. The summed E-state index contributed by atoms with van der Waals surface area (Å²) in [6.45, 7) is 4.27. The maximum atomic E-state index is 12.6. The molecule has 0 unspecified atom stereocenters. The fourth-order valence-electron chi connectivity index (χ4n) is 3.67. The van der Waals surface area contributed by atoms with Gasteiger partial charge in [-0.3, -0.25) is 4.79 Å². The highest BCUT2D eigenvalue weighted by Crippen LogP contribution is 2.32. The van der Waals surface area contributed by atoms with Gasteiger partial charge >= 0.3 is 0 Å². The predicted octanol–water partition coefficient (Wildman–Crippen LogP) is 4.04. The molecular weight excluding hydrogens is 374 g/mol. The molecule has 7 heteroatoms. The van der Waals surface area contributed by atoms with Crippen molar-refractivity contribution in [2.45, 2.75) is 50.2 Å². The van der Waals surface area contributed by atoms with Crippen LogP contribution in [-0.4, -0.2) is 53.1 Å². The highest BCUT2D eigenvalue weighted by molar-refractivity contribution is 7.99. The average molecular weight is 402 g/mol. The third-order valence-corrected chi connectivity index (χ3v) is 6.05. The number of carbonyl (C=O) groups excluding carboxylic acids is 1. The molecule has 1 aromatic heterocycles. The van der Waals surface area contributed by atoms with Crippen molar-refractivity contribution < 1.29 is 14.3 Å². The average Bonchev–Trinajstić information content (AvgIpc) is 2.72. The fraction of sp³-hybridized carbons (Fsp3) is 0.476. The Labute approximate surface area is 170 Å². The lowest BCUT2D eigenvalue weighted by atomic mass is 9.98. The van der Waals surface area contributed by atoms with E-state index in [0.717, 1.165) is 29.1 Å². The quantitative estimate of drug-likeness (QED) is 0.681. The summed E-state index contributed by atoms with van der Waals surface area (Å²) in [6.07, 6.45) is 3.36. The van der Waals surface area contributed by atoms with Gasteiger partial charge in [0.1, 0.15) is 5.03 Å². The Morgan fingerprint density at radius 2 is 1.79 bits per heavy atom. The Kier molecular flexibility index (Phi) is 6.78. The number of ether oxygens (including phenoxy) is 2. The van der Waals surface area contributed by atoms with Gasteiger partial charge in [-0.1, -0.05) is 11.8 Å². The van der Waals surface area contributed by atoms with Crippen LogP contribution in [-0.2, 0) is 4.79 Å². The van der Waals surface area contributed by atoms with Gasteiger partial charge in [-0.05, 0) is 63.4 Å². The predicted molar refractivity (Wildman–Crippen MR) is 111 cm³/mol. The fourth-order valence-corrected chi connectivity index (χ4v) is 4.35. The van der Waals surface area contributed by atoms with Gasteiger partial charge in [-0.2, -0.15) is 0 Å². The molecular formula is C21H27N3O3S. The molecule has 0 saturated carbocycles. The summed E-state index contributed by atoms with van der Waals surface area (Å²) < 4.78 is 10.6. The van der Waals surface area contributed by atoms with Crippen LogP contribution in [0.5, 0.6) is 11.5 Å². The summed E-state index contributed by atoms with van der Waals surface area (Å²) >= 11 is 1.43. The van der Waals surface area contributed by atoms with Crippen LogP contribution < -0.4 is 9.47 Å². The molecule has 1 saturated heterocycles. The summed E-state index contributed by atoms with van der Waals surface area (Å²) in [4.78, 5) is 14.7. The van der Waals surface area contributed by atoms with Crippen LogP contribution in [0.2, 0.25) is 0 Å². The molecule has 1 amide bonds. The maximum absolute atomic E-state index is 12.6. The normalized spacial score (nSPS) is 19.4. The molecule has 6 nitrogen and oxygen atoms in total. The van der Waals surface area contributed by atoms with Crippen molar-refractivity contribution in [1.82, 2.24) is 15.1 Å². The molecule has 1 fully saturated rings. The van der Waals surface area contributed by atoms with E-state index in [1.54, 1.807) is 14.2 Å². The van der Waals surface area contributed by atoms with Crippen molar-refractivity contribution in [1.29, 1.82) is 0 Å². The largest absolute Gasteiger partial charge is 0.493 e. The molecule has 0 aliphatic carbocycles. The molecule has 1 aliphatic heterocycles. The van der Waals surface area contributed by atoms with Gasteiger partial charge in [0.2, 0.25) is 5.91 Å². The minimum atomic E-state index is 0.176. The summed E-state index contributed by atoms with van der Waals surface area (Å²) in [5.74, 6) is 1.89. The molecule has 2 aromatic rings. The van der Waals surface area contributed by atoms with Crippen LogP contribution in [0.3, 0.4) is 0 Å². The number of rotatable bonds is 6. The molecule has 0 bridgehead atoms. The third-order valence-electron chi connectivity index (χ3n) is 5.14. The lowest BCUT2D eigenvalue weighted by Gasteiger charge is -2.39. The van der Waals surface area contributed by atoms with Gasteiger partial charge in [0.25, 0.3) is 0 Å². The Hall–Kier alpha value is -2.28. The topological polar surface area (TPSA) is 64.5 Å². The molecule has 1 aromatic carbocycles. The first-order valence-electron chi connectivity index (χ1n) is 9.53. The second kappa shape index (κ2) is 9.28. The van der Waals surface area contributed by atoms with E-state index in [2.05, 4.69) is 24.0 Å². The molecule has 3 rings (SSSR count). The van der Waals surface area contributed by atoms with Crippen molar-refractivity contribution in [2.75, 3.05) is 20.0 Å². The number of likely N-dealkylation sites (tertiary alicyclic amines) is 1. The van der Waals surface area contributed by atoms with Gasteiger partial charge in [-0.25, -0.2) is 0 Å². The molecule has 2 atom stereocenters. The van der Waals surface area contributed by atoms with Gasteiger partial charge in [0.15, 0.2) is 11.5 Å². The molecule has 0 spiro atoms.